The van der Waals surface area contributed by atoms with Gasteiger partial charge in [-0.1, -0.05) is 0 Å². The highest BCUT2D eigenvalue weighted by atomic mass is 19.2. The average molecular weight is 380 g/mol. The molecule has 0 saturated heterocycles. The van der Waals surface area contributed by atoms with Crippen molar-refractivity contribution in [3.05, 3.63) is 69.5 Å². The summed E-state index contributed by atoms with van der Waals surface area (Å²) in [6, 6.07) is 2.67. The summed E-state index contributed by atoms with van der Waals surface area (Å²) in [5.41, 5.74) is 2.98. The molecule has 0 aliphatic heterocycles. The van der Waals surface area contributed by atoms with Gasteiger partial charge in [0.05, 0.1) is 28.9 Å². The summed E-state index contributed by atoms with van der Waals surface area (Å²) in [5.74, 6) is -5.77. The molecule has 2 N–H and O–H groups in total. The standard InChI is InChI=1S/C18H12F4N2O3/c1-2-27-18(26)9-7-24(16-6-14(23)12(21)4-13(16)22)15-5-11(20)10(19)3-8(15)17(9)25/h3-7H,2,23H2,1H3. The Hall–Kier alpha value is -3.36. The first kappa shape index (κ1) is 18.4. The third-order valence-electron chi connectivity index (χ3n) is 3.87. The molecule has 0 aliphatic rings. The van der Waals surface area contributed by atoms with Gasteiger partial charge in [0.2, 0.25) is 5.43 Å². The normalized spacial score (nSPS) is 11.0. The van der Waals surface area contributed by atoms with Crippen molar-refractivity contribution >= 4 is 22.6 Å². The largest absolute Gasteiger partial charge is 0.462 e. The van der Waals surface area contributed by atoms with E-state index in [-0.39, 0.29) is 23.2 Å². The van der Waals surface area contributed by atoms with Crippen LogP contribution in [0.1, 0.15) is 17.3 Å². The van der Waals surface area contributed by atoms with E-state index >= 15 is 0 Å². The molecule has 0 atom stereocenters. The summed E-state index contributed by atoms with van der Waals surface area (Å²) < 4.78 is 60.9. The van der Waals surface area contributed by atoms with Crippen LogP contribution in [0.25, 0.3) is 16.6 Å². The zero-order valence-electron chi connectivity index (χ0n) is 13.9. The molecule has 1 aromatic heterocycles. The number of halogens is 4. The number of fused-ring (bicyclic) bond motifs is 1. The van der Waals surface area contributed by atoms with E-state index in [4.69, 9.17) is 10.5 Å². The number of rotatable bonds is 3. The number of carbonyl (C=O) groups excluding carboxylic acids is 1. The van der Waals surface area contributed by atoms with Crippen molar-refractivity contribution in [1.82, 2.24) is 4.57 Å². The number of hydrogen-bond donors (Lipinski definition) is 1. The van der Waals surface area contributed by atoms with Crippen molar-refractivity contribution in [2.75, 3.05) is 12.3 Å². The molecule has 3 rings (SSSR count). The molecular weight excluding hydrogens is 368 g/mol. The Bertz CT molecular complexity index is 1140. The predicted molar refractivity (Wildman–Crippen MR) is 89.7 cm³/mol. The van der Waals surface area contributed by atoms with Gasteiger partial charge in [-0.05, 0) is 19.1 Å². The summed E-state index contributed by atoms with van der Waals surface area (Å²) in [5, 5.41) is -0.387. The van der Waals surface area contributed by atoms with E-state index in [9.17, 15) is 27.2 Å². The Morgan fingerprint density at radius 2 is 1.70 bits per heavy atom. The number of anilines is 1. The van der Waals surface area contributed by atoms with Gasteiger partial charge in [-0.15, -0.1) is 0 Å². The lowest BCUT2D eigenvalue weighted by molar-refractivity contribution is 0.0524. The topological polar surface area (TPSA) is 74.3 Å². The number of benzene rings is 2. The molecule has 0 aliphatic carbocycles. The summed E-state index contributed by atoms with van der Waals surface area (Å²) in [4.78, 5) is 24.6. The van der Waals surface area contributed by atoms with Gasteiger partial charge >= 0.3 is 5.97 Å². The molecule has 2 aromatic carbocycles. The summed E-state index contributed by atoms with van der Waals surface area (Å²) in [6.45, 7) is 1.46. The number of nitrogen functional groups attached to an aromatic ring is 1. The van der Waals surface area contributed by atoms with Crippen LogP contribution in [-0.4, -0.2) is 17.1 Å². The maximum absolute atomic E-state index is 14.3. The van der Waals surface area contributed by atoms with Crippen LogP contribution in [0.4, 0.5) is 23.2 Å². The zero-order chi connectivity index (χ0) is 19.9. The van der Waals surface area contributed by atoms with E-state index in [1.165, 1.54) is 6.92 Å². The Labute approximate surface area is 149 Å². The van der Waals surface area contributed by atoms with Gasteiger partial charge in [0.25, 0.3) is 0 Å². The number of hydrogen-bond acceptors (Lipinski definition) is 4. The molecule has 0 radical (unpaired) electrons. The summed E-state index contributed by atoms with van der Waals surface area (Å²) in [7, 11) is 0. The van der Waals surface area contributed by atoms with E-state index in [0.717, 1.165) is 16.8 Å². The van der Waals surface area contributed by atoms with E-state index in [1.54, 1.807) is 0 Å². The number of carbonyl (C=O) groups is 1. The lowest BCUT2D eigenvalue weighted by Crippen LogP contribution is -2.21. The Kier molecular flexibility index (Phi) is 4.61. The third kappa shape index (κ3) is 3.12. The minimum atomic E-state index is -1.33. The quantitative estimate of drug-likeness (QED) is 0.430. The number of pyridine rings is 1. The Balaban J connectivity index is 2.46. The second-order valence-electron chi connectivity index (χ2n) is 5.57. The fraction of sp³-hybridized carbons (Fsp3) is 0.111. The monoisotopic (exact) mass is 380 g/mol. The smallest absolute Gasteiger partial charge is 0.343 e. The van der Waals surface area contributed by atoms with Gasteiger partial charge in [0.15, 0.2) is 11.6 Å². The van der Waals surface area contributed by atoms with Gasteiger partial charge in [-0.3, -0.25) is 4.79 Å². The van der Waals surface area contributed by atoms with Gasteiger partial charge in [0, 0.05) is 18.3 Å². The Morgan fingerprint density at radius 3 is 2.37 bits per heavy atom. The second-order valence-corrected chi connectivity index (χ2v) is 5.57. The van der Waals surface area contributed by atoms with E-state index in [0.29, 0.717) is 18.2 Å². The Morgan fingerprint density at radius 1 is 1.04 bits per heavy atom. The van der Waals surface area contributed by atoms with Crippen LogP contribution < -0.4 is 11.2 Å². The maximum atomic E-state index is 14.3. The molecular formula is C18H12F4N2O3. The van der Waals surface area contributed by atoms with Gasteiger partial charge in [0.1, 0.15) is 17.2 Å². The first-order valence-corrected chi connectivity index (χ1v) is 7.71. The first-order chi connectivity index (χ1) is 12.7. The van der Waals surface area contributed by atoms with Crippen LogP contribution in [0.3, 0.4) is 0 Å². The maximum Gasteiger partial charge on any atom is 0.343 e. The van der Waals surface area contributed by atoms with E-state index < -0.39 is 45.9 Å². The van der Waals surface area contributed by atoms with Crippen molar-refractivity contribution in [2.24, 2.45) is 0 Å². The lowest BCUT2D eigenvalue weighted by Gasteiger charge is -2.15. The molecule has 0 unspecified atom stereocenters. The molecule has 0 fully saturated rings. The van der Waals surface area contributed by atoms with Crippen LogP contribution in [-0.2, 0) is 4.74 Å². The summed E-state index contributed by atoms with van der Waals surface area (Å²) in [6.07, 6.45) is 0.912. The van der Waals surface area contributed by atoms with Crippen molar-refractivity contribution in [3.8, 4) is 5.69 Å². The highest BCUT2D eigenvalue weighted by Gasteiger charge is 2.21. The van der Waals surface area contributed by atoms with Crippen LogP contribution in [0.15, 0.2) is 35.3 Å². The van der Waals surface area contributed by atoms with Gasteiger partial charge < -0.3 is 15.0 Å². The fourth-order valence-corrected chi connectivity index (χ4v) is 2.61. The molecule has 0 saturated carbocycles. The van der Waals surface area contributed by atoms with Crippen LogP contribution in [0.2, 0.25) is 0 Å². The highest BCUT2D eigenvalue weighted by Crippen LogP contribution is 2.25. The van der Waals surface area contributed by atoms with Crippen LogP contribution >= 0.6 is 0 Å². The van der Waals surface area contributed by atoms with Gasteiger partial charge in [-0.25, -0.2) is 22.4 Å². The van der Waals surface area contributed by atoms with Crippen molar-refractivity contribution in [2.45, 2.75) is 6.92 Å². The van der Waals surface area contributed by atoms with Crippen LogP contribution in [0, 0.1) is 23.3 Å². The number of nitrogens with two attached hydrogens (primary N) is 1. The molecule has 3 aromatic rings. The molecule has 27 heavy (non-hydrogen) atoms. The fourth-order valence-electron chi connectivity index (χ4n) is 2.61. The molecule has 140 valence electrons. The number of aromatic nitrogens is 1. The zero-order valence-corrected chi connectivity index (χ0v) is 13.9. The third-order valence-corrected chi connectivity index (χ3v) is 3.87. The van der Waals surface area contributed by atoms with E-state index in [1.807, 2.05) is 0 Å². The summed E-state index contributed by atoms with van der Waals surface area (Å²) >= 11 is 0. The van der Waals surface area contributed by atoms with Crippen molar-refractivity contribution in [3.63, 3.8) is 0 Å². The second kappa shape index (κ2) is 6.75. The minimum absolute atomic E-state index is 0.0497. The molecule has 0 bridgehead atoms. The van der Waals surface area contributed by atoms with Crippen molar-refractivity contribution in [1.29, 1.82) is 0 Å². The van der Waals surface area contributed by atoms with E-state index in [2.05, 4.69) is 0 Å². The lowest BCUT2D eigenvalue weighted by atomic mass is 10.1. The van der Waals surface area contributed by atoms with Crippen LogP contribution in [0.5, 0.6) is 0 Å². The minimum Gasteiger partial charge on any atom is -0.462 e. The number of esters is 1. The highest BCUT2D eigenvalue weighted by molar-refractivity contribution is 5.94. The first-order valence-electron chi connectivity index (χ1n) is 7.71. The van der Waals surface area contributed by atoms with Gasteiger partial charge in [-0.2, -0.15) is 0 Å². The molecule has 9 heteroatoms. The predicted octanol–water partition coefficient (Wildman–Crippen LogP) is 3.31. The average Bonchev–Trinajstić information content (AvgIpc) is 2.61. The number of nitrogens with zero attached hydrogens (tertiary/aromatic N) is 1. The SMILES string of the molecule is CCOC(=O)c1cn(-c2cc(N)c(F)cc2F)c2cc(F)c(F)cc2c1=O. The van der Waals surface area contributed by atoms with Crippen molar-refractivity contribution < 1.29 is 27.1 Å². The molecule has 5 nitrogen and oxygen atoms in total. The number of ether oxygens (including phenoxy) is 1. The molecule has 0 spiro atoms. The molecule has 0 amide bonds. The molecule has 1 heterocycles.